The van der Waals surface area contributed by atoms with Crippen LogP contribution in [0.1, 0.15) is 20.8 Å². The maximum Gasteiger partial charge on any atom is 0.317 e. The predicted molar refractivity (Wildman–Crippen MR) is 62.2 cm³/mol. The van der Waals surface area contributed by atoms with Crippen molar-refractivity contribution in [3.05, 3.63) is 12.7 Å². The number of amides is 2. The molecule has 0 saturated carbocycles. The van der Waals surface area contributed by atoms with Crippen molar-refractivity contribution in [3.8, 4) is 0 Å². The maximum absolute atomic E-state index is 11.7. The molecule has 0 bridgehead atoms. The second kappa shape index (κ2) is 6.87. The first-order valence-electron chi connectivity index (χ1n) is 5.28. The van der Waals surface area contributed by atoms with E-state index in [0.29, 0.717) is 6.54 Å². The maximum atomic E-state index is 11.7. The summed E-state index contributed by atoms with van der Waals surface area (Å²) in [5.74, 6) is -1.50. The van der Waals surface area contributed by atoms with E-state index in [1.54, 1.807) is 17.9 Å². The van der Waals surface area contributed by atoms with Crippen LogP contribution in [0.2, 0.25) is 0 Å². The molecule has 0 spiro atoms. The molecule has 1 unspecified atom stereocenters. The SMILES string of the molecule is C=CCN(C(=O)NCC(C)C(=O)O)C(C)C. The third kappa shape index (κ3) is 4.82. The Bertz CT molecular complexity index is 264. The highest BCUT2D eigenvalue weighted by atomic mass is 16.4. The first-order chi connectivity index (χ1) is 7.40. The molecule has 0 aliphatic carbocycles. The minimum Gasteiger partial charge on any atom is -0.481 e. The van der Waals surface area contributed by atoms with Gasteiger partial charge in [-0.15, -0.1) is 6.58 Å². The number of nitrogens with one attached hydrogen (secondary N) is 1. The largest absolute Gasteiger partial charge is 0.481 e. The van der Waals surface area contributed by atoms with Gasteiger partial charge in [0.1, 0.15) is 0 Å². The number of aliphatic carboxylic acids is 1. The Morgan fingerprint density at radius 1 is 1.44 bits per heavy atom. The number of carboxylic acid groups (broad SMARTS) is 1. The average molecular weight is 228 g/mol. The van der Waals surface area contributed by atoms with Crippen LogP contribution in [-0.2, 0) is 4.79 Å². The van der Waals surface area contributed by atoms with E-state index < -0.39 is 11.9 Å². The number of carboxylic acids is 1. The molecule has 0 aromatic rings. The van der Waals surface area contributed by atoms with Crippen molar-refractivity contribution < 1.29 is 14.7 Å². The van der Waals surface area contributed by atoms with E-state index in [9.17, 15) is 9.59 Å². The Labute approximate surface area is 96.1 Å². The van der Waals surface area contributed by atoms with Crippen LogP contribution in [0.4, 0.5) is 4.79 Å². The highest BCUT2D eigenvalue weighted by Crippen LogP contribution is 2.00. The minimum absolute atomic E-state index is 0.0538. The fraction of sp³-hybridized carbons (Fsp3) is 0.636. The van der Waals surface area contributed by atoms with E-state index in [1.807, 2.05) is 13.8 Å². The first kappa shape index (κ1) is 14.5. The first-order valence-corrected chi connectivity index (χ1v) is 5.28. The summed E-state index contributed by atoms with van der Waals surface area (Å²) < 4.78 is 0. The summed E-state index contributed by atoms with van der Waals surface area (Å²) in [5.41, 5.74) is 0. The summed E-state index contributed by atoms with van der Waals surface area (Å²) in [4.78, 5) is 23.8. The zero-order chi connectivity index (χ0) is 12.7. The van der Waals surface area contributed by atoms with E-state index in [1.165, 1.54) is 0 Å². The van der Waals surface area contributed by atoms with E-state index in [2.05, 4.69) is 11.9 Å². The molecule has 0 radical (unpaired) electrons. The molecule has 0 aromatic heterocycles. The normalized spacial score (nSPS) is 12.0. The van der Waals surface area contributed by atoms with E-state index >= 15 is 0 Å². The van der Waals surface area contributed by atoms with Crippen molar-refractivity contribution >= 4 is 12.0 Å². The van der Waals surface area contributed by atoms with Crippen LogP contribution in [0.25, 0.3) is 0 Å². The van der Waals surface area contributed by atoms with E-state index in [-0.39, 0.29) is 18.6 Å². The molecular weight excluding hydrogens is 208 g/mol. The van der Waals surface area contributed by atoms with Gasteiger partial charge in [0.25, 0.3) is 0 Å². The zero-order valence-electron chi connectivity index (χ0n) is 10.1. The second-order valence-electron chi connectivity index (χ2n) is 3.96. The molecule has 2 amide bonds. The monoisotopic (exact) mass is 228 g/mol. The van der Waals surface area contributed by atoms with Crippen molar-refractivity contribution in [2.24, 2.45) is 5.92 Å². The average Bonchev–Trinajstić information content (AvgIpc) is 2.21. The highest BCUT2D eigenvalue weighted by Gasteiger charge is 2.17. The van der Waals surface area contributed by atoms with Gasteiger partial charge in [0, 0.05) is 19.1 Å². The summed E-state index contributed by atoms with van der Waals surface area (Å²) in [6.07, 6.45) is 1.64. The summed E-state index contributed by atoms with van der Waals surface area (Å²) in [5, 5.41) is 11.3. The molecule has 0 rings (SSSR count). The lowest BCUT2D eigenvalue weighted by atomic mass is 10.2. The Morgan fingerprint density at radius 2 is 2.00 bits per heavy atom. The van der Waals surface area contributed by atoms with Crippen LogP contribution in [0.5, 0.6) is 0 Å². The van der Waals surface area contributed by atoms with Gasteiger partial charge in [0.2, 0.25) is 0 Å². The van der Waals surface area contributed by atoms with Gasteiger partial charge in [-0.05, 0) is 13.8 Å². The second-order valence-corrected chi connectivity index (χ2v) is 3.96. The van der Waals surface area contributed by atoms with Crippen molar-refractivity contribution in [2.45, 2.75) is 26.8 Å². The minimum atomic E-state index is -0.917. The number of hydrogen-bond acceptors (Lipinski definition) is 2. The third-order valence-corrected chi connectivity index (χ3v) is 2.19. The molecule has 0 fully saturated rings. The van der Waals surface area contributed by atoms with Gasteiger partial charge < -0.3 is 15.3 Å². The fourth-order valence-corrected chi connectivity index (χ4v) is 1.10. The Kier molecular flexibility index (Phi) is 6.22. The van der Waals surface area contributed by atoms with Crippen LogP contribution >= 0.6 is 0 Å². The molecule has 5 heteroatoms. The number of nitrogens with zero attached hydrogens (tertiary/aromatic N) is 1. The molecular formula is C11H20N2O3. The van der Waals surface area contributed by atoms with Crippen LogP contribution < -0.4 is 5.32 Å². The topological polar surface area (TPSA) is 69.6 Å². The molecule has 0 saturated heterocycles. The Morgan fingerprint density at radius 3 is 2.38 bits per heavy atom. The van der Waals surface area contributed by atoms with Gasteiger partial charge in [0.15, 0.2) is 0 Å². The number of carbonyl (C=O) groups excluding carboxylic acids is 1. The van der Waals surface area contributed by atoms with E-state index in [0.717, 1.165) is 0 Å². The summed E-state index contributed by atoms with van der Waals surface area (Å²) in [6.45, 7) is 9.49. The Hall–Kier alpha value is -1.52. The molecule has 1 atom stereocenters. The number of rotatable bonds is 6. The number of carbonyl (C=O) groups is 2. The van der Waals surface area contributed by atoms with Crippen molar-refractivity contribution in [1.29, 1.82) is 0 Å². The predicted octanol–water partition coefficient (Wildman–Crippen LogP) is 1.31. The quantitative estimate of drug-likeness (QED) is 0.673. The molecule has 16 heavy (non-hydrogen) atoms. The van der Waals surface area contributed by atoms with Gasteiger partial charge in [-0.3, -0.25) is 4.79 Å². The van der Waals surface area contributed by atoms with Gasteiger partial charge in [0.05, 0.1) is 5.92 Å². The summed E-state index contributed by atoms with van der Waals surface area (Å²) >= 11 is 0. The van der Waals surface area contributed by atoms with Crippen LogP contribution in [0.3, 0.4) is 0 Å². The van der Waals surface area contributed by atoms with Crippen LogP contribution in [0.15, 0.2) is 12.7 Å². The third-order valence-electron chi connectivity index (χ3n) is 2.19. The van der Waals surface area contributed by atoms with Crippen LogP contribution in [0, 0.1) is 5.92 Å². The van der Waals surface area contributed by atoms with Crippen molar-refractivity contribution in [3.63, 3.8) is 0 Å². The number of urea groups is 1. The molecule has 0 aliphatic heterocycles. The standard InChI is InChI=1S/C11H20N2O3/c1-5-6-13(8(2)3)11(16)12-7-9(4)10(14)15/h5,8-9H,1,6-7H2,2-4H3,(H,12,16)(H,14,15). The summed E-state index contributed by atoms with van der Waals surface area (Å²) in [6, 6.07) is -0.207. The van der Waals surface area contributed by atoms with Gasteiger partial charge in [-0.1, -0.05) is 13.0 Å². The number of hydrogen-bond donors (Lipinski definition) is 2. The molecule has 0 heterocycles. The van der Waals surface area contributed by atoms with Gasteiger partial charge in [-0.2, -0.15) is 0 Å². The van der Waals surface area contributed by atoms with Gasteiger partial charge in [-0.25, -0.2) is 4.79 Å². The molecule has 5 nitrogen and oxygen atoms in total. The van der Waals surface area contributed by atoms with Crippen molar-refractivity contribution in [2.75, 3.05) is 13.1 Å². The fourth-order valence-electron chi connectivity index (χ4n) is 1.10. The summed E-state index contributed by atoms with van der Waals surface area (Å²) in [7, 11) is 0. The zero-order valence-corrected chi connectivity index (χ0v) is 10.1. The smallest absolute Gasteiger partial charge is 0.317 e. The van der Waals surface area contributed by atoms with Crippen LogP contribution in [-0.4, -0.2) is 41.1 Å². The highest BCUT2D eigenvalue weighted by molar-refractivity contribution is 5.76. The Balaban J connectivity index is 4.21. The van der Waals surface area contributed by atoms with Gasteiger partial charge >= 0.3 is 12.0 Å². The lowest BCUT2D eigenvalue weighted by Crippen LogP contribution is -2.45. The molecule has 0 aliphatic rings. The van der Waals surface area contributed by atoms with Crippen molar-refractivity contribution in [1.82, 2.24) is 10.2 Å². The molecule has 2 N–H and O–H groups in total. The lowest BCUT2D eigenvalue weighted by Gasteiger charge is -2.26. The van der Waals surface area contributed by atoms with E-state index in [4.69, 9.17) is 5.11 Å². The lowest BCUT2D eigenvalue weighted by molar-refractivity contribution is -0.140. The molecule has 0 aromatic carbocycles. The molecule has 92 valence electrons.